The molecular formula is C15H24N2O. The molecule has 1 unspecified atom stereocenters. The summed E-state index contributed by atoms with van der Waals surface area (Å²) in [6, 6.07) is 7.63. The molecule has 1 aromatic carbocycles. The highest BCUT2D eigenvalue weighted by atomic mass is 16.1. The van der Waals surface area contributed by atoms with Crippen molar-refractivity contribution in [2.45, 2.75) is 33.6 Å². The van der Waals surface area contributed by atoms with Crippen molar-refractivity contribution in [3.63, 3.8) is 0 Å². The maximum Gasteiger partial charge on any atom is 0.251 e. The molecule has 0 saturated carbocycles. The van der Waals surface area contributed by atoms with Crippen molar-refractivity contribution in [3.05, 3.63) is 29.8 Å². The molecule has 0 aliphatic heterocycles. The van der Waals surface area contributed by atoms with Gasteiger partial charge >= 0.3 is 0 Å². The third kappa shape index (κ3) is 4.78. The molecule has 0 bridgehead atoms. The lowest BCUT2D eigenvalue weighted by Crippen LogP contribution is -2.27. The minimum atomic E-state index is 0.0114. The Morgan fingerprint density at radius 2 is 1.89 bits per heavy atom. The summed E-state index contributed by atoms with van der Waals surface area (Å²) >= 11 is 0. The monoisotopic (exact) mass is 248 g/mol. The summed E-state index contributed by atoms with van der Waals surface area (Å²) in [5, 5.41) is 6.24. The number of benzene rings is 1. The molecule has 0 fully saturated rings. The van der Waals surface area contributed by atoms with Gasteiger partial charge in [0.1, 0.15) is 0 Å². The van der Waals surface area contributed by atoms with Gasteiger partial charge in [-0.25, -0.2) is 0 Å². The van der Waals surface area contributed by atoms with Gasteiger partial charge in [0, 0.05) is 24.3 Å². The summed E-state index contributed by atoms with van der Waals surface area (Å²) in [4.78, 5) is 11.9. The highest BCUT2D eigenvalue weighted by molar-refractivity contribution is 5.94. The van der Waals surface area contributed by atoms with E-state index in [4.69, 9.17) is 0 Å². The lowest BCUT2D eigenvalue weighted by Gasteiger charge is -2.10. The quantitative estimate of drug-likeness (QED) is 0.777. The molecule has 0 saturated heterocycles. The van der Waals surface area contributed by atoms with Crippen LogP contribution in [-0.4, -0.2) is 19.0 Å². The van der Waals surface area contributed by atoms with E-state index in [0.29, 0.717) is 5.92 Å². The van der Waals surface area contributed by atoms with Gasteiger partial charge < -0.3 is 10.6 Å². The van der Waals surface area contributed by atoms with Crippen molar-refractivity contribution in [2.24, 2.45) is 5.92 Å². The Labute approximate surface area is 110 Å². The fourth-order valence-corrected chi connectivity index (χ4v) is 1.52. The molecule has 2 N–H and O–H groups in total. The van der Waals surface area contributed by atoms with Crippen LogP contribution in [0.4, 0.5) is 5.69 Å². The normalized spacial score (nSPS) is 11.9. The Morgan fingerprint density at radius 3 is 2.44 bits per heavy atom. The average Bonchev–Trinajstić information content (AvgIpc) is 2.42. The van der Waals surface area contributed by atoms with Gasteiger partial charge in [-0.1, -0.05) is 27.2 Å². The van der Waals surface area contributed by atoms with Crippen molar-refractivity contribution < 1.29 is 4.79 Å². The molecule has 1 rings (SSSR count). The summed E-state index contributed by atoms with van der Waals surface area (Å²) in [6.07, 6.45) is 2.18. The third-order valence-corrected chi connectivity index (χ3v) is 3.03. The molecule has 0 aliphatic carbocycles. The van der Waals surface area contributed by atoms with Crippen LogP contribution in [0.15, 0.2) is 24.3 Å². The Morgan fingerprint density at radius 1 is 1.22 bits per heavy atom. The highest BCUT2D eigenvalue weighted by Crippen LogP contribution is 2.09. The molecule has 1 amide bonds. The molecule has 1 aromatic rings. The first kappa shape index (κ1) is 14.6. The van der Waals surface area contributed by atoms with E-state index in [1.54, 1.807) is 0 Å². The summed E-state index contributed by atoms with van der Waals surface area (Å²) in [7, 11) is 0. The second kappa shape index (κ2) is 7.75. The van der Waals surface area contributed by atoms with E-state index in [-0.39, 0.29) is 5.91 Å². The van der Waals surface area contributed by atoms with Crippen molar-refractivity contribution in [3.8, 4) is 0 Å². The Hall–Kier alpha value is -1.51. The zero-order valence-corrected chi connectivity index (χ0v) is 11.6. The smallest absolute Gasteiger partial charge is 0.251 e. The van der Waals surface area contributed by atoms with Gasteiger partial charge in [-0.15, -0.1) is 0 Å². The number of nitrogens with one attached hydrogen (secondary N) is 2. The minimum absolute atomic E-state index is 0.0114. The summed E-state index contributed by atoms with van der Waals surface area (Å²) in [6.45, 7) is 8.09. The lowest BCUT2D eigenvalue weighted by atomic mass is 10.1. The maximum absolute atomic E-state index is 11.9. The standard InChI is InChI=1S/C15H24N2O/c1-4-10-16-14-8-6-13(7-9-14)15(18)17-11-12(3)5-2/h6-9,12,16H,4-5,10-11H2,1-3H3,(H,17,18). The zero-order chi connectivity index (χ0) is 13.4. The first-order valence-corrected chi connectivity index (χ1v) is 6.79. The van der Waals surface area contributed by atoms with E-state index in [2.05, 4.69) is 31.4 Å². The summed E-state index contributed by atoms with van der Waals surface area (Å²) < 4.78 is 0. The number of rotatable bonds is 7. The first-order valence-electron chi connectivity index (χ1n) is 6.79. The van der Waals surface area contributed by atoms with Gasteiger partial charge in [-0.3, -0.25) is 4.79 Å². The molecule has 1 atom stereocenters. The van der Waals surface area contributed by atoms with E-state index in [9.17, 15) is 4.79 Å². The van der Waals surface area contributed by atoms with Crippen LogP contribution in [0.1, 0.15) is 44.0 Å². The number of hydrogen-bond donors (Lipinski definition) is 2. The van der Waals surface area contributed by atoms with Crippen LogP contribution in [0, 0.1) is 5.92 Å². The van der Waals surface area contributed by atoms with Crippen LogP contribution in [-0.2, 0) is 0 Å². The second-order valence-electron chi connectivity index (χ2n) is 4.73. The number of carbonyl (C=O) groups is 1. The van der Waals surface area contributed by atoms with Crippen LogP contribution in [0.5, 0.6) is 0 Å². The van der Waals surface area contributed by atoms with Crippen LogP contribution >= 0.6 is 0 Å². The van der Waals surface area contributed by atoms with E-state index in [0.717, 1.165) is 37.2 Å². The van der Waals surface area contributed by atoms with E-state index in [1.165, 1.54) is 0 Å². The Kier molecular flexibility index (Phi) is 6.26. The fraction of sp³-hybridized carbons (Fsp3) is 0.533. The number of anilines is 1. The third-order valence-electron chi connectivity index (χ3n) is 3.03. The van der Waals surface area contributed by atoms with E-state index >= 15 is 0 Å². The van der Waals surface area contributed by atoms with Crippen LogP contribution in [0.25, 0.3) is 0 Å². The predicted octanol–water partition coefficient (Wildman–Crippen LogP) is 3.28. The lowest BCUT2D eigenvalue weighted by molar-refractivity contribution is 0.0948. The fourth-order valence-electron chi connectivity index (χ4n) is 1.52. The van der Waals surface area contributed by atoms with Gasteiger partial charge in [0.15, 0.2) is 0 Å². The Balaban J connectivity index is 2.48. The molecule has 0 aliphatic rings. The second-order valence-corrected chi connectivity index (χ2v) is 4.73. The van der Waals surface area contributed by atoms with Crippen molar-refractivity contribution in [2.75, 3.05) is 18.4 Å². The van der Waals surface area contributed by atoms with Gasteiger partial charge in [0.05, 0.1) is 0 Å². The first-order chi connectivity index (χ1) is 8.67. The number of hydrogen-bond acceptors (Lipinski definition) is 2. The van der Waals surface area contributed by atoms with E-state index < -0.39 is 0 Å². The zero-order valence-electron chi connectivity index (χ0n) is 11.6. The number of carbonyl (C=O) groups excluding carboxylic acids is 1. The van der Waals surface area contributed by atoms with Gasteiger partial charge in [-0.2, -0.15) is 0 Å². The predicted molar refractivity (Wildman–Crippen MR) is 77.0 cm³/mol. The molecule has 0 heterocycles. The molecule has 3 nitrogen and oxygen atoms in total. The average molecular weight is 248 g/mol. The Bertz CT molecular complexity index is 359. The van der Waals surface area contributed by atoms with Crippen molar-refractivity contribution >= 4 is 11.6 Å². The molecule has 0 aromatic heterocycles. The van der Waals surface area contributed by atoms with Crippen molar-refractivity contribution in [1.29, 1.82) is 0 Å². The molecule has 18 heavy (non-hydrogen) atoms. The largest absolute Gasteiger partial charge is 0.385 e. The van der Waals surface area contributed by atoms with Crippen LogP contribution < -0.4 is 10.6 Å². The van der Waals surface area contributed by atoms with Gasteiger partial charge in [-0.05, 0) is 36.6 Å². The molecule has 100 valence electrons. The van der Waals surface area contributed by atoms with Crippen LogP contribution in [0.3, 0.4) is 0 Å². The topological polar surface area (TPSA) is 41.1 Å². The van der Waals surface area contributed by atoms with Crippen LogP contribution in [0.2, 0.25) is 0 Å². The summed E-state index contributed by atoms with van der Waals surface area (Å²) in [5.41, 5.74) is 1.79. The highest BCUT2D eigenvalue weighted by Gasteiger charge is 2.06. The summed E-state index contributed by atoms with van der Waals surface area (Å²) in [5.74, 6) is 0.539. The maximum atomic E-state index is 11.9. The molecular weight excluding hydrogens is 224 g/mol. The van der Waals surface area contributed by atoms with Gasteiger partial charge in [0.25, 0.3) is 5.91 Å². The van der Waals surface area contributed by atoms with E-state index in [1.807, 2.05) is 24.3 Å². The molecule has 3 heteroatoms. The SMILES string of the molecule is CCCNc1ccc(C(=O)NCC(C)CC)cc1. The van der Waals surface area contributed by atoms with Crippen molar-refractivity contribution in [1.82, 2.24) is 5.32 Å². The number of amides is 1. The minimum Gasteiger partial charge on any atom is -0.385 e. The van der Waals surface area contributed by atoms with Gasteiger partial charge in [0.2, 0.25) is 0 Å². The molecule has 0 spiro atoms. The molecule has 0 radical (unpaired) electrons.